The van der Waals surface area contributed by atoms with E-state index in [-0.39, 0.29) is 17.9 Å². The van der Waals surface area contributed by atoms with Crippen LogP contribution in [0.5, 0.6) is 0 Å². The maximum atomic E-state index is 12.2. The molecule has 0 aromatic heterocycles. The van der Waals surface area contributed by atoms with Crippen molar-refractivity contribution < 1.29 is 19.4 Å². The smallest absolute Gasteiger partial charge is 0.326 e. The molecule has 3 atom stereocenters. The highest BCUT2D eigenvalue weighted by Crippen LogP contribution is 2.23. The first-order valence-corrected chi connectivity index (χ1v) is 6.90. The van der Waals surface area contributed by atoms with Crippen molar-refractivity contribution >= 4 is 11.9 Å². The van der Waals surface area contributed by atoms with Crippen molar-refractivity contribution in [3.05, 3.63) is 0 Å². The van der Waals surface area contributed by atoms with Gasteiger partial charge in [-0.1, -0.05) is 20.8 Å². The van der Waals surface area contributed by atoms with E-state index in [9.17, 15) is 14.7 Å². The second-order valence-corrected chi connectivity index (χ2v) is 5.93. The van der Waals surface area contributed by atoms with Crippen LogP contribution in [0.4, 0.5) is 0 Å². The maximum Gasteiger partial charge on any atom is 0.326 e. The Bertz CT molecular complexity index is 329. The molecule has 5 nitrogen and oxygen atoms in total. The molecule has 5 heteroatoms. The summed E-state index contributed by atoms with van der Waals surface area (Å²) in [4.78, 5) is 24.9. The molecular formula is C14H25NO4. The lowest BCUT2D eigenvalue weighted by Gasteiger charge is -2.23. The predicted octanol–water partition coefficient (Wildman–Crippen LogP) is 1.76. The number of amides is 1. The first kappa shape index (κ1) is 16.0. The van der Waals surface area contributed by atoms with Gasteiger partial charge in [0.25, 0.3) is 0 Å². The number of carboxylic acid groups (broad SMARTS) is 1. The molecule has 1 N–H and O–H groups in total. The van der Waals surface area contributed by atoms with Gasteiger partial charge in [0.1, 0.15) is 6.04 Å². The summed E-state index contributed by atoms with van der Waals surface area (Å²) in [6, 6.07) is -0.733. The fraction of sp³-hybridized carbons (Fsp3) is 0.857. The second kappa shape index (κ2) is 6.89. The summed E-state index contributed by atoms with van der Waals surface area (Å²) in [6.45, 7) is 6.67. The summed E-state index contributed by atoms with van der Waals surface area (Å²) < 4.78 is 5.18. The Morgan fingerprint density at radius 2 is 2.00 bits per heavy atom. The number of carboxylic acids is 1. The van der Waals surface area contributed by atoms with Gasteiger partial charge in [-0.05, 0) is 18.3 Å². The van der Waals surface area contributed by atoms with Crippen LogP contribution in [0, 0.1) is 11.8 Å². The van der Waals surface area contributed by atoms with Crippen LogP contribution in [0.1, 0.15) is 40.0 Å². The number of methoxy groups -OCH3 is 1. The Morgan fingerprint density at radius 3 is 2.47 bits per heavy atom. The summed E-state index contributed by atoms with van der Waals surface area (Å²) in [5, 5.41) is 9.18. The van der Waals surface area contributed by atoms with Crippen LogP contribution in [0.2, 0.25) is 0 Å². The number of hydrogen-bond acceptors (Lipinski definition) is 3. The van der Waals surface area contributed by atoms with Gasteiger partial charge >= 0.3 is 5.97 Å². The van der Waals surface area contributed by atoms with E-state index >= 15 is 0 Å². The SMILES string of the molecule is COC1CC(C(=O)O)N(C(=O)CC(C)CC(C)C)C1. The van der Waals surface area contributed by atoms with Crippen LogP contribution in [-0.4, -0.2) is 47.7 Å². The van der Waals surface area contributed by atoms with E-state index in [1.165, 1.54) is 4.90 Å². The van der Waals surface area contributed by atoms with E-state index in [2.05, 4.69) is 13.8 Å². The Balaban J connectivity index is 2.61. The lowest BCUT2D eigenvalue weighted by atomic mass is 9.95. The minimum Gasteiger partial charge on any atom is -0.480 e. The normalized spacial score (nSPS) is 24.8. The van der Waals surface area contributed by atoms with Gasteiger partial charge in [0.05, 0.1) is 6.10 Å². The fourth-order valence-electron chi connectivity index (χ4n) is 2.78. The third-order valence-electron chi connectivity index (χ3n) is 3.60. The molecule has 3 unspecified atom stereocenters. The summed E-state index contributed by atoms with van der Waals surface area (Å²) in [5.74, 6) is -0.184. The van der Waals surface area contributed by atoms with Gasteiger partial charge in [0.15, 0.2) is 0 Å². The molecule has 19 heavy (non-hydrogen) atoms. The molecule has 0 spiro atoms. The van der Waals surface area contributed by atoms with Crippen molar-refractivity contribution in [1.29, 1.82) is 0 Å². The van der Waals surface area contributed by atoms with Crippen LogP contribution in [-0.2, 0) is 14.3 Å². The van der Waals surface area contributed by atoms with Gasteiger partial charge in [-0.2, -0.15) is 0 Å². The molecular weight excluding hydrogens is 246 g/mol. The maximum absolute atomic E-state index is 12.2. The number of ether oxygens (including phenoxy) is 1. The lowest BCUT2D eigenvalue weighted by Crippen LogP contribution is -2.41. The molecule has 0 bridgehead atoms. The van der Waals surface area contributed by atoms with E-state index in [1.807, 2.05) is 6.92 Å². The van der Waals surface area contributed by atoms with Gasteiger partial charge < -0.3 is 14.7 Å². The number of carbonyl (C=O) groups is 2. The van der Waals surface area contributed by atoms with Gasteiger partial charge in [0, 0.05) is 26.5 Å². The largest absolute Gasteiger partial charge is 0.480 e. The van der Waals surface area contributed by atoms with Gasteiger partial charge in [-0.15, -0.1) is 0 Å². The summed E-state index contributed by atoms with van der Waals surface area (Å²) in [7, 11) is 1.55. The molecule has 1 rings (SSSR count). The van der Waals surface area contributed by atoms with E-state index in [0.717, 1.165) is 6.42 Å². The van der Waals surface area contributed by atoms with Crippen molar-refractivity contribution in [3.63, 3.8) is 0 Å². The standard InChI is InChI=1S/C14H25NO4/c1-9(2)5-10(3)6-13(16)15-8-11(19-4)7-12(15)14(17)18/h9-12H,5-8H2,1-4H3,(H,17,18). The van der Waals surface area contributed by atoms with Gasteiger partial charge in [-0.3, -0.25) is 4.79 Å². The van der Waals surface area contributed by atoms with Crippen LogP contribution in [0.25, 0.3) is 0 Å². The Hall–Kier alpha value is -1.10. The van der Waals surface area contributed by atoms with Crippen LogP contribution < -0.4 is 0 Å². The first-order chi connectivity index (χ1) is 8.85. The molecule has 0 radical (unpaired) electrons. The zero-order chi connectivity index (χ0) is 14.6. The van der Waals surface area contributed by atoms with Crippen molar-refractivity contribution in [1.82, 2.24) is 4.90 Å². The number of carbonyl (C=O) groups excluding carboxylic acids is 1. The summed E-state index contributed by atoms with van der Waals surface area (Å²) in [6.07, 6.45) is 1.62. The highest BCUT2D eigenvalue weighted by molar-refractivity contribution is 5.84. The molecule has 1 aliphatic heterocycles. The van der Waals surface area contributed by atoms with Crippen molar-refractivity contribution in [2.24, 2.45) is 11.8 Å². The minimum atomic E-state index is -0.940. The van der Waals surface area contributed by atoms with E-state index in [1.54, 1.807) is 7.11 Å². The molecule has 0 aliphatic carbocycles. The Morgan fingerprint density at radius 1 is 1.37 bits per heavy atom. The molecule has 0 aromatic rings. The average molecular weight is 271 g/mol. The Kier molecular flexibility index (Phi) is 5.79. The first-order valence-electron chi connectivity index (χ1n) is 6.90. The zero-order valence-electron chi connectivity index (χ0n) is 12.3. The summed E-state index contributed by atoms with van der Waals surface area (Å²) in [5.41, 5.74) is 0. The number of rotatable bonds is 6. The quantitative estimate of drug-likeness (QED) is 0.799. The molecule has 0 aromatic carbocycles. The zero-order valence-corrected chi connectivity index (χ0v) is 12.3. The molecule has 1 saturated heterocycles. The molecule has 1 heterocycles. The highest BCUT2D eigenvalue weighted by Gasteiger charge is 2.39. The molecule has 1 fully saturated rings. The van der Waals surface area contributed by atoms with Gasteiger partial charge in [0.2, 0.25) is 5.91 Å². The van der Waals surface area contributed by atoms with Crippen LogP contribution in [0.3, 0.4) is 0 Å². The third kappa shape index (κ3) is 4.49. The number of hydrogen-bond donors (Lipinski definition) is 1. The number of aliphatic carboxylic acids is 1. The molecule has 110 valence electrons. The summed E-state index contributed by atoms with van der Waals surface area (Å²) >= 11 is 0. The van der Waals surface area contributed by atoms with E-state index < -0.39 is 12.0 Å². The Labute approximate surface area is 114 Å². The van der Waals surface area contributed by atoms with E-state index in [0.29, 0.717) is 25.3 Å². The van der Waals surface area contributed by atoms with E-state index in [4.69, 9.17) is 4.74 Å². The third-order valence-corrected chi connectivity index (χ3v) is 3.60. The topological polar surface area (TPSA) is 66.8 Å². The van der Waals surface area contributed by atoms with Crippen LogP contribution in [0.15, 0.2) is 0 Å². The van der Waals surface area contributed by atoms with Crippen molar-refractivity contribution in [2.45, 2.75) is 52.2 Å². The number of likely N-dealkylation sites (tertiary alicyclic amines) is 1. The molecule has 1 aliphatic rings. The highest BCUT2D eigenvalue weighted by atomic mass is 16.5. The molecule has 1 amide bonds. The van der Waals surface area contributed by atoms with Gasteiger partial charge in [-0.25, -0.2) is 4.79 Å². The second-order valence-electron chi connectivity index (χ2n) is 5.93. The molecule has 0 saturated carbocycles. The van der Waals surface area contributed by atoms with Crippen molar-refractivity contribution in [2.75, 3.05) is 13.7 Å². The fourth-order valence-corrected chi connectivity index (χ4v) is 2.78. The minimum absolute atomic E-state index is 0.0694. The number of nitrogens with zero attached hydrogens (tertiary/aromatic N) is 1. The predicted molar refractivity (Wildman–Crippen MR) is 71.8 cm³/mol. The monoisotopic (exact) mass is 271 g/mol. The lowest BCUT2D eigenvalue weighted by molar-refractivity contribution is -0.148. The average Bonchev–Trinajstić information content (AvgIpc) is 2.71. The van der Waals surface area contributed by atoms with Crippen LogP contribution >= 0.6 is 0 Å². The van der Waals surface area contributed by atoms with Crippen molar-refractivity contribution in [3.8, 4) is 0 Å².